The summed E-state index contributed by atoms with van der Waals surface area (Å²) in [5.41, 5.74) is 9.48. The lowest BCUT2D eigenvalue weighted by atomic mass is 9.96. The van der Waals surface area contributed by atoms with Crippen LogP contribution >= 0.6 is 11.6 Å². The van der Waals surface area contributed by atoms with Crippen molar-refractivity contribution in [1.82, 2.24) is 24.3 Å². The number of carbonyl (C=O) groups is 1. The van der Waals surface area contributed by atoms with Crippen LogP contribution in [0.5, 0.6) is 5.75 Å². The number of methoxy groups -OCH3 is 1. The molecule has 1 saturated heterocycles. The largest absolute Gasteiger partial charge is 0.495 e. The van der Waals surface area contributed by atoms with Crippen molar-refractivity contribution in [2.45, 2.75) is 19.4 Å². The van der Waals surface area contributed by atoms with Gasteiger partial charge in [0.15, 0.2) is 0 Å². The first-order chi connectivity index (χ1) is 17.0. The van der Waals surface area contributed by atoms with Crippen LogP contribution in [0.3, 0.4) is 0 Å². The van der Waals surface area contributed by atoms with Crippen LogP contribution in [0.2, 0.25) is 5.02 Å². The number of primary amides is 1. The maximum absolute atomic E-state index is 11.4. The maximum atomic E-state index is 11.4. The molecule has 9 nitrogen and oxygen atoms in total. The van der Waals surface area contributed by atoms with Crippen LogP contribution in [-0.4, -0.2) is 50.4 Å². The molecule has 0 bridgehead atoms. The average molecular weight is 492 g/mol. The van der Waals surface area contributed by atoms with Gasteiger partial charge in [-0.3, -0.25) is 14.1 Å². The normalized spacial score (nSPS) is 14.8. The van der Waals surface area contributed by atoms with Gasteiger partial charge in [0, 0.05) is 18.7 Å². The Balaban J connectivity index is 1.34. The highest BCUT2D eigenvalue weighted by Gasteiger charge is 2.23. The van der Waals surface area contributed by atoms with Gasteiger partial charge in [-0.1, -0.05) is 23.7 Å². The SMILES string of the molecule is COc1cc(CN2CCC(C(N)=O)CC2)ccc1Nc1ncc(Cl)c(-c2cnc3ccccn23)n1. The molecule has 3 N–H and O–H groups in total. The van der Waals surface area contributed by atoms with Crippen LogP contribution in [0.4, 0.5) is 11.6 Å². The number of nitrogens with one attached hydrogen (secondary N) is 1. The fourth-order valence-electron chi connectivity index (χ4n) is 4.41. The number of nitrogens with two attached hydrogens (primary N) is 1. The third-order valence-electron chi connectivity index (χ3n) is 6.31. The fraction of sp³-hybridized carbons (Fsp3) is 0.280. The number of hydrogen-bond acceptors (Lipinski definition) is 7. The Hall–Kier alpha value is -3.69. The van der Waals surface area contributed by atoms with Crippen molar-refractivity contribution < 1.29 is 9.53 Å². The Morgan fingerprint density at radius 2 is 2.03 bits per heavy atom. The number of carbonyl (C=O) groups excluding carboxylic acids is 1. The molecule has 4 aromatic rings. The van der Waals surface area contributed by atoms with Gasteiger partial charge in [0.25, 0.3) is 0 Å². The summed E-state index contributed by atoms with van der Waals surface area (Å²) in [7, 11) is 1.63. The van der Waals surface area contributed by atoms with Gasteiger partial charge in [0.1, 0.15) is 17.1 Å². The first-order valence-corrected chi connectivity index (χ1v) is 11.8. The lowest BCUT2D eigenvalue weighted by molar-refractivity contribution is -0.123. The van der Waals surface area contributed by atoms with Crippen molar-refractivity contribution in [2.75, 3.05) is 25.5 Å². The minimum absolute atomic E-state index is 0.0165. The Bertz CT molecular complexity index is 1370. The zero-order chi connectivity index (χ0) is 24.4. The number of benzene rings is 1. The number of nitrogens with zero attached hydrogens (tertiary/aromatic N) is 5. The van der Waals surface area contributed by atoms with Crippen LogP contribution in [0.25, 0.3) is 17.0 Å². The number of hydrogen-bond donors (Lipinski definition) is 2. The number of aromatic nitrogens is 4. The summed E-state index contributed by atoms with van der Waals surface area (Å²) in [6.07, 6.45) is 6.84. The van der Waals surface area contributed by atoms with Crippen molar-refractivity contribution in [1.29, 1.82) is 0 Å². The molecule has 0 spiro atoms. The second kappa shape index (κ2) is 9.89. The van der Waals surface area contributed by atoms with E-state index in [0.717, 1.165) is 55.1 Å². The Kier molecular flexibility index (Phi) is 6.52. The predicted octanol–water partition coefficient (Wildman–Crippen LogP) is 3.89. The van der Waals surface area contributed by atoms with E-state index in [1.165, 1.54) is 0 Å². The molecule has 35 heavy (non-hydrogen) atoms. The van der Waals surface area contributed by atoms with E-state index in [0.29, 0.717) is 22.4 Å². The Morgan fingerprint density at radius 3 is 2.80 bits per heavy atom. The minimum atomic E-state index is -0.198. The molecule has 1 aliphatic rings. The number of anilines is 2. The zero-order valence-electron chi connectivity index (χ0n) is 19.3. The van der Waals surface area contributed by atoms with Gasteiger partial charge in [-0.05, 0) is 55.8 Å². The van der Waals surface area contributed by atoms with Crippen molar-refractivity contribution in [2.24, 2.45) is 11.7 Å². The van der Waals surface area contributed by atoms with Crippen molar-refractivity contribution in [3.63, 3.8) is 0 Å². The molecule has 3 aromatic heterocycles. The minimum Gasteiger partial charge on any atom is -0.495 e. The van der Waals surface area contributed by atoms with Crippen LogP contribution in [0, 0.1) is 5.92 Å². The lowest BCUT2D eigenvalue weighted by Gasteiger charge is -2.30. The third-order valence-corrected chi connectivity index (χ3v) is 6.59. The number of amides is 1. The topological polar surface area (TPSA) is 111 Å². The second-order valence-electron chi connectivity index (χ2n) is 8.57. The summed E-state index contributed by atoms with van der Waals surface area (Å²) in [5.74, 6) is 0.868. The number of halogens is 1. The highest BCUT2D eigenvalue weighted by atomic mass is 35.5. The number of piperidine rings is 1. The number of fused-ring (bicyclic) bond motifs is 1. The van der Waals surface area contributed by atoms with E-state index in [9.17, 15) is 4.79 Å². The van der Waals surface area contributed by atoms with Crippen molar-refractivity contribution >= 4 is 34.8 Å². The summed E-state index contributed by atoms with van der Waals surface area (Å²) < 4.78 is 7.57. The molecule has 0 aliphatic carbocycles. The van der Waals surface area contributed by atoms with Crippen LogP contribution in [-0.2, 0) is 11.3 Å². The molecule has 180 valence electrons. The fourth-order valence-corrected chi connectivity index (χ4v) is 4.59. The summed E-state index contributed by atoms with van der Waals surface area (Å²) in [6, 6.07) is 11.8. The van der Waals surface area contributed by atoms with Crippen LogP contribution < -0.4 is 15.8 Å². The van der Waals surface area contributed by atoms with Crippen LogP contribution in [0.1, 0.15) is 18.4 Å². The molecule has 1 aromatic carbocycles. The summed E-state index contributed by atoms with van der Waals surface area (Å²) in [5, 5.41) is 3.68. The number of likely N-dealkylation sites (tertiary alicyclic amines) is 1. The van der Waals surface area contributed by atoms with Gasteiger partial charge in [0.2, 0.25) is 11.9 Å². The van der Waals surface area contributed by atoms with Gasteiger partial charge in [0.05, 0.1) is 35.9 Å². The average Bonchev–Trinajstić information content (AvgIpc) is 3.30. The number of imidazole rings is 1. The quantitative estimate of drug-likeness (QED) is 0.403. The second-order valence-corrected chi connectivity index (χ2v) is 8.98. The van der Waals surface area contributed by atoms with Gasteiger partial charge >= 0.3 is 0 Å². The molecule has 4 heterocycles. The molecule has 0 unspecified atom stereocenters. The number of ether oxygens (including phenoxy) is 1. The van der Waals surface area contributed by atoms with Crippen molar-refractivity contribution in [3.8, 4) is 17.1 Å². The lowest BCUT2D eigenvalue weighted by Crippen LogP contribution is -2.38. The summed E-state index contributed by atoms with van der Waals surface area (Å²) in [4.78, 5) is 27.2. The first-order valence-electron chi connectivity index (χ1n) is 11.4. The number of rotatable bonds is 7. The van der Waals surface area contributed by atoms with E-state index in [1.54, 1.807) is 19.5 Å². The van der Waals surface area contributed by atoms with Crippen LogP contribution in [0.15, 0.2) is 55.0 Å². The van der Waals surface area contributed by atoms with E-state index in [4.69, 9.17) is 22.1 Å². The van der Waals surface area contributed by atoms with Gasteiger partial charge < -0.3 is 15.8 Å². The Labute approximate surface area is 207 Å². The summed E-state index contributed by atoms with van der Waals surface area (Å²) in [6.45, 7) is 2.47. The maximum Gasteiger partial charge on any atom is 0.227 e. The standard InChI is InChI=1S/C25H26ClN7O2/c1-35-21-12-16(15-32-10-7-17(8-11-32)24(27)34)5-6-19(21)30-25-29-13-18(26)23(31-25)20-14-28-22-4-2-3-9-33(20)22/h2-6,9,12-14,17H,7-8,10-11,15H2,1H3,(H2,27,34)(H,29,30,31). The van der Waals surface area contributed by atoms with E-state index in [-0.39, 0.29) is 11.8 Å². The molecule has 1 aliphatic heterocycles. The molecular formula is C25H26ClN7O2. The Morgan fingerprint density at radius 1 is 1.20 bits per heavy atom. The van der Waals surface area contributed by atoms with Gasteiger partial charge in [-0.25, -0.2) is 15.0 Å². The summed E-state index contributed by atoms with van der Waals surface area (Å²) >= 11 is 6.44. The molecule has 1 amide bonds. The molecule has 0 saturated carbocycles. The highest BCUT2D eigenvalue weighted by Crippen LogP contribution is 2.31. The van der Waals surface area contributed by atoms with E-state index in [2.05, 4.69) is 25.2 Å². The van der Waals surface area contributed by atoms with E-state index in [1.807, 2.05) is 47.0 Å². The smallest absolute Gasteiger partial charge is 0.227 e. The molecule has 0 radical (unpaired) electrons. The van der Waals surface area contributed by atoms with E-state index >= 15 is 0 Å². The first kappa shape index (κ1) is 23.1. The van der Waals surface area contributed by atoms with Gasteiger partial charge in [-0.15, -0.1) is 0 Å². The zero-order valence-corrected chi connectivity index (χ0v) is 20.1. The highest BCUT2D eigenvalue weighted by molar-refractivity contribution is 6.32. The monoisotopic (exact) mass is 491 g/mol. The van der Waals surface area contributed by atoms with Crippen molar-refractivity contribution in [3.05, 3.63) is 65.6 Å². The molecule has 0 atom stereocenters. The molecule has 5 rings (SSSR count). The van der Waals surface area contributed by atoms with Gasteiger partial charge in [-0.2, -0.15) is 0 Å². The molecule has 1 fully saturated rings. The number of pyridine rings is 1. The molecule has 10 heteroatoms. The molecular weight excluding hydrogens is 466 g/mol. The third kappa shape index (κ3) is 4.91. The predicted molar refractivity (Wildman–Crippen MR) is 135 cm³/mol. The van der Waals surface area contributed by atoms with E-state index < -0.39 is 0 Å².